The highest BCUT2D eigenvalue weighted by molar-refractivity contribution is 7.98. The molecule has 1 aromatic carbocycles. The number of piperidine rings is 1. The maximum Gasteiger partial charge on any atom is 0.257 e. The van der Waals surface area contributed by atoms with Gasteiger partial charge in [0.05, 0.1) is 10.6 Å². The first-order valence-corrected chi connectivity index (χ1v) is 12.9. The van der Waals surface area contributed by atoms with Crippen LogP contribution in [0.25, 0.3) is 22.5 Å². The molecule has 0 spiro atoms. The maximum absolute atomic E-state index is 12.9. The standard InChI is InChI=1S/C19H18N4O4S3/c24-30(25,23-7-2-1-3-8-23)14-4-5-16-15(10-14)20-19(26-16)29-12-17-21-18(22-27-17)13-6-9-28-11-13/h4-6,9-11H,1-3,7-8,12H2. The molecule has 0 bridgehead atoms. The van der Waals surface area contributed by atoms with E-state index in [0.29, 0.717) is 46.9 Å². The number of thiophene rings is 1. The molecule has 4 aromatic rings. The van der Waals surface area contributed by atoms with Crippen LogP contribution < -0.4 is 0 Å². The van der Waals surface area contributed by atoms with Crippen LogP contribution in [0.4, 0.5) is 0 Å². The zero-order valence-electron chi connectivity index (χ0n) is 15.9. The van der Waals surface area contributed by atoms with E-state index in [2.05, 4.69) is 15.1 Å². The summed E-state index contributed by atoms with van der Waals surface area (Å²) in [5, 5.41) is 8.32. The summed E-state index contributed by atoms with van der Waals surface area (Å²) < 4.78 is 38.3. The van der Waals surface area contributed by atoms with Gasteiger partial charge < -0.3 is 8.94 Å². The molecule has 0 saturated carbocycles. The quantitative estimate of drug-likeness (QED) is 0.388. The van der Waals surface area contributed by atoms with Gasteiger partial charge in [0.15, 0.2) is 5.58 Å². The lowest BCUT2D eigenvalue weighted by Gasteiger charge is -2.25. The van der Waals surface area contributed by atoms with Crippen LogP contribution in [0, 0.1) is 0 Å². The number of aromatic nitrogens is 3. The van der Waals surface area contributed by atoms with Crippen LogP contribution in [0.1, 0.15) is 25.2 Å². The molecule has 1 fully saturated rings. The second kappa shape index (κ2) is 8.14. The Morgan fingerprint density at radius 3 is 2.80 bits per heavy atom. The Morgan fingerprint density at radius 1 is 1.13 bits per heavy atom. The van der Waals surface area contributed by atoms with Gasteiger partial charge >= 0.3 is 0 Å². The van der Waals surface area contributed by atoms with Crippen molar-refractivity contribution in [3.05, 3.63) is 40.9 Å². The molecule has 0 radical (unpaired) electrons. The van der Waals surface area contributed by atoms with Crippen LogP contribution in [0.3, 0.4) is 0 Å². The first-order chi connectivity index (χ1) is 14.6. The van der Waals surface area contributed by atoms with Crippen molar-refractivity contribution in [2.24, 2.45) is 0 Å². The first-order valence-electron chi connectivity index (χ1n) is 9.48. The van der Waals surface area contributed by atoms with Gasteiger partial charge in [-0.25, -0.2) is 13.4 Å². The third kappa shape index (κ3) is 3.89. The van der Waals surface area contributed by atoms with E-state index in [0.717, 1.165) is 24.8 Å². The summed E-state index contributed by atoms with van der Waals surface area (Å²) in [7, 11) is -3.51. The topological polar surface area (TPSA) is 102 Å². The highest BCUT2D eigenvalue weighted by Gasteiger charge is 2.26. The molecule has 1 aliphatic heterocycles. The highest BCUT2D eigenvalue weighted by atomic mass is 32.2. The van der Waals surface area contributed by atoms with Crippen LogP contribution in [0.2, 0.25) is 0 Å². The number of benzene rings is 1. The zero-order chi connectivity index (χ0) is 20.6. The third-order valence-corrected chi connectivity index (χ3v) is 8.25. The Labute approximate surface area is 181 Å². The van der Waals surface area contributed by atoms with Crippen molar-refractivity contribution in [2.45, 2.75) is 35.1 Å². The fourth-order valence-electron chi connectivity index (χ4n) is 3.31. The van der Waals surface area contributed by atoms with Crippen molar-refractivity contribution in [1.82, 2.24) is 19.4 Å². The smallest absolute Gasteiger partial charge is 0.257 e. The van der Waals surface area contributed by atoms with Crippen LogP contribution in [-0.2, 0) is 15.8 Å². The predicted molar refractivity (Wildman–Crippen MR) is 114 cm³/mol. The molecule has 0 N–H and O–H groups in total. The number of nitrogens with zero attached hydrogens (tertiary/aromatic N) is 4. The van der Waals surface area contributed by atoms with Crippen LogP contribution >= 0.6 is 23.1 Å². The highest BCUT2D eigenvalue weighted by Crippen LogP contribution is 2.29. The van der Waals surface area contributed by atoms with Crippen molar-refractivity contribution >= 4 is 44.2 Å². The molecule has 0 aliphatic carbocycles. The predicted octanol–water partition coefficient (Wildman–Crippen LogP) is 4.41. The van der Waals surface area contributed by atoms with Gasteiger partial charge in [0, 0.05) is 24.0 Å². The van der Waals surface area contributed by atoms with Crippen molar-refractivity contribution in [3.8, 4) is 11.4 Å². The summed E-state index contributed by atoms with van der Waals surface area (Å²) >= 11 is 2.89. The monoisotopic (exact) mass is 462 g/mol. The van der Waals surface area contributed by atoms with Gasteiger partial charge in [-0.15, -0.1) is 0 Å². The van der Waals surface area contributed by atoms with Crippen LogP contribution in [0.15, 0.2) is 54.1 Å². The molecule has 8 nitrogen and oxygen atoms in total. The van der Waals surface area contributed by atoms with E-state index < -0.39 is 10.0 Å². The SMILES string of the molecule is O=S(=O)(c1ccc2oc(SCc3nc(-c4ccsc4)no3)nc2c1)N1CCCCC1. The number of fused-ring (bicyclic) bond motifs is 1. The minimum Gasteiger partial charge on any atom is -0.431 e. The van der Waals surface area contributed by atoms with Crippen molar-refractivity contribution in [1.29, 1.82) is 0 Å². The van der Waals surface area contributed by atoms with Gasteiger partial charge in [0.25, 0.3) is 5.22 Å². The van der Waals surface area contributed by atoms with Gasteiger partial charge in [-0.1, -0.05) is 23.3 Å². The molecule has 4 heterocycles. The van der Waals surface area contributed by atoms with Crippen molar-refractivity contribution < 1.29 is 17.4 Å². The first kappa shape index (κ1) is 19.7. The average Bonchev–Trinajstić information content (AvgIpc) is 3.52. The number of thioether (sulfide) groups is 1. The van der Waals surface area contributed by atoms with E-state index in [1.165, 1.54) is 11.8 Å². The summed E-state index contributed by atoms with van der Waals surface area (Å²) in [6.45, 7) is 1.13. The summed E-state index contributed by atoms with van der Waals surface area (Å²) in [5.74, 6) is 1.43. The Kier molecular flexibility index (Phi) is 5.35. The molecule has 0 amide bonds. The second-order valence-electron chi connectivity index (χ2n) is 6.89. The van der Waals surface area contributed by atoms with Gasteiger partial charge in [-0.2, -0.15) is 20.6 Å². The zero-order valence-corrected chi connectivity index (χ0v) is 18.3. The van der Waals surface area contributed by atoms with E-state index in [1.54, 1.807) is 33.8 Å². The molecule has 1 saturated heterocycles. The Bertz CT molecular complexity index is 1260. The van der Waals surface area contributed by atoms with Gasteiger partial charge in [-0.05, 0) is 42.5 Å². The Hall–Kier alpha value is -2.21. The molecule has 0 atom stereocenters. The Balaban J connectivity index is 1.32. The van der Waals surface area contributed by atoms with Gasteiger partial charge in [0.2, 0.25) is 21.7 Å². The fraction of sp³-hybridized carbons (Fsp3) is 0.316. The summed E-state index contributed by atoms with van der Waals surface area (Å²) in [5.41, 5.74) is 1.98. The summed E-state index contributed by atoms with van der Waals surface area (Å²) in [6, 6.07) is 6.75. The molecule has 30 heavy (non-hydrogen) atoms. The van der Waals surface area contributed by atoms with Crippen molar-refractivity contribution in [3.63, 3.8) is 0 Å². The molecular formula is C19H18N4O4S3. The second-order valence-corrected chi connectivity index (χ2v) is 10.5. The summed E-state index contributed by atoms with van der Waals surface area (Å²) in [4.78, 5) is 9.05. The van der Waals surface area contributed by atoms with E-state index in [4.69, 9.17) is 8.94 Å². The van der Waals surface area contributed by atoms with E-state index in [-0.39, 0.29) is 4.90 Å². The number of sulfonamides is 1. The third-order valence-electron chi connectivity index (χ3n) is 4.86. The number of rotatable bonds is 6. The number of oxazole rings is 1. The minimum atomic E-state index is -3.51. The molecule has 11 heteroatoms. The lowest BCUT2D eigenvalue weighted by molar-refractivity contribution is 0.346. The lowest BCUT2D eigenvalue weighted by Crippen LogP contribution is -2.35. The number of hydrogen-bond donors (Lipinski definition) is 0. The van der Waals surface area contributed by atoms with E-state index in [1.807, 2.05) is 16.8 Å². The molecule has 1 aliphatic rings. The molecule has 5 rings (SSSR count). The maximum atomic E-state index is 12.9. The molecule has 3 aromatic heterocycles. The van der Waals surface area contributed by atoms with Gasteiger partial charge in [0.1, 0.15) is 5.52 Å². The average molecular weight is 463 g/mol. The normalized spacial score (nSPS) is 15.7. The Morgan fingerprint density at radius 2 is 2.00 bits per heavy atom. The van der Waals surface area contributed by atoms with Crippen LogP contribution in [-0.4, -0.2) is 40.9 Å². The number of hydrogen-bond acceptors (Lipinski definition) is 9. The van der Waals surface area contributed by atoms with E-state index in [9.17, 15) is 8.42 Å². The molecule has 0 unspecified atom stereocenters. The van der Waals surface area contributed by atoms with Gasteiger partial charge in [-0.3, -0.25) is 0 Å². The minimum absolute atomic E-state index is 0.249. The fourth-order valence-corrected chi connectivity index (χ4v) is 6.16. The van der Waals surface area contributed by atoms with Crippen LogP contribution in [0.5, 0.6) is 0 Å². The largest absolute Gasteiger partial charge is 0.431 e. The van der Waals surface area contributed by atoms with E-state index >= 15 is 0 Å². The molecular weight excluding hydrogens is 444 g/mol. The molecule has 156 valence electrons. The lowest BCUT2D eigenvalue weighted by atomic mass is 10.2. The summed E-state index contributed by atoms with van der Waals surface area (Å²) in [6.07, 6.45) is 2.87. The van der Waals surface area contributed by atoms with Crippen molar-refractivity contribution in [2.75, 3.05) is 13.1 Å².